The molecular weight excluding hydrogens is 190 g/mol. The molecule has 0 aromatic heterocycles. The average Bonchev–Trinajstić information content (AvgIpc) is 2.17. The van der Waals surface area contributed by atoms with Gasteiger partial charge in [-0.15, -0.1) is 0 Å². The third-order valence-corrected chi connectivity index (χ3v) is 2.37. The second-order valence-electron chi connectivity index (χ2n) is 3.77. The molecule has 15 heavy (non-hydrogen) atoms. The fourth-order valence-corrected chi connectivity index (χ4v) is 1.80. The summed E-state index contributed by atoms with van der Waals surface area (Å²) in [4.78, 5) is 10.5. The predicted molar refractivity (Wildman–Crippen MR) is 60.2 cm³/mol. The second kappa shape index (κ2) is 4.94. The molecule has 1 unspecified atom stereocenters. The summed E-state index contributed by atoms with van der Waals surface area (Å²) in [6.45, 7) is 3.98. The molecule has 0 radical (unpaired) electrons. The molecule has 0 saturated carbocycles. The number of carbonyl (C=O) groups is 1. The first-order valence-electron chi connectivity index (χ1n) is 4.93. The first kappa shape index (κ1) is 11.7. The van der Waals surface area contributed by atoms with E-state index in [2.05, 4.69) is 0 Å². The monoisotopic (exact) mass is 207 g/mol. The first-order valence-corrected chi connectivity index (χ1v) is 4.93. The number of carbonyl (C=O) groups excluding carboxylic acids is 1. The number of methoxy groups -OCH3 is 1. The summed E-state index contributed by atoms with van der Waals surface area (Å²) in [7, 11) is 1.66. The highest BCUT2D eigenvalue weighted by molar-refractivity contribution is 5.58. The summed E-state index contributed by atoms with van der Waals surface area (Å²) >= 11 is 0. The molecule has 0 heterocycles. The number of aldehydes is 1. The van der Waals surface area contributed by atoms with Crippen LogP contribution in [0, 0.1) is 13.8 Å². The van der Waals surface area contributed by atoms with Crippen molar-refractivity contribution in [3.8, 4) is 5.75 Å². The van der Waals surface area contributed by atoms with Gasteiger partial charge >= 0.3 is 0 Å². The SMILES string of the molecule is COc1c(C)cc(CC(N)C=O)cc1C. The minimum atomic E-state index is -0.419. The van der Waals surface area contributed by atoms with E-state index in [0.717, 1.165) is 28.7 Å². The normalized spacial score (nSPS) is 12.3. The predicted octanol–water partition coefficient (Wildman–Crippen LogP) is 1.38. The summed E-state index contributed by atoms with van der Waals surface area (Å²) in [6.07, 6.45) is 1.35. The van der Waals surface area contributed by atoms with E-state index < -0.39 is 6.04 Å². The Morgan fingerprint density at radius 2 is 1.93 bits per heavy atom. The maximum absolute atomic E-state index is 10.5. The molecule has 1 aromatic carbocycles. The maximum atomic E-state index is 10.5. The van der Waals surface area contributed by atoms with E-state index in [1.54, 1.807) is 7.11 Å². The van der Waals surface area contributed by atoms with Crippen molar-refractivity contribution in [3.05, 3.63) is 28.8 Å². The molecule has 3 heteroatoms. The number of benzene rings is 1. The van der Waals surface area contributed by atoms with Gasteiger partial charge in [0.05, 0.1) is 13.2 Å². The Morgan fingerprint density at radius 3 is 2.33 bits per heavy atom. The summed E-state index contributed by atoms with van der Waals surface area (Å²) in [5, 5.41) is 0. The molecule has 0 spiro atoms. The van der Waals surface area contributed by atoms with Gasteiger partial charge in [0.1, 0.15) is 12.0 Å². The van der Waals surface area contributed by atoms with Gasteiger partial charge in [0.2, 0.25) is 0 Å². The van der Waals surface area contributed by atoms with Gasteiger partial charge in [-0.05, 0) is 37.0 Å². The van der Waals surface area contributed by atoms with Gasteiger partial charge in [-0.2, -0.15) is 0 Å². The molecule has 0 bridgehead atoms. The van der Waals surface area contributed by atoms with E-state index in [9.17, 15) is 4.79 Å². The topological polar surface area (TPSA) is 52.3 Å². The first-order chi connectivity index (χ1) is 7.08. The highest BCUT2D eigenvalue weighted by Crippen LogP contribution is 2.24. The van der Waals surface area contributed by atoms with Crippen LogP contribution in [0.2, 0.25) is 0 Å². The quantitative estimate of drug-likeness (QED) is 0.759. The average molecular weight is 207 g/mol. The standard InChI is InChI=1S/C12H17NO2/c1-8-4-10(6-11(13)7-14)5-9(2)12(8)15-3/h4-5,7,11H,6,13H2,1-3H3. The van der Waals surface area contributed by atoms with E-state index in [4.69, 9.17) is 10.5 Å². The van der Waals surface area contributed by atoms with Crippen molar-refractivity contribution in [1.29, 1.82) is 0 Å². The number of nitrogens with two attached hydrogens (primary N) is 1. The summed E-state index contributed by atoms with van der Waals surface area (Å²) < 4.78 is 5.26. The van der Waals surface area contributed by atoms with Crippen LogP contribution in [0.4, 0.5) is 0 Å². The highest BCUT2D eigenvalue weighted by atomic mass is 16.5. The van der Waals surface area contributed by atoms with Gasteiger partial charge in [-0.1, -0.05) is 12.1 Å². The molecule has 1 rings (SSSR count). The van der Waals surface area contributed by atoms with Gasteiger partial charge in [-0.25, -0.2) is 0 Å². The van der Waals surface area contributed by atoms with Gasteiger partial charge in [-0.3, -0.25) is 0 Å². The molecule has 0 saturated heterocycles. The van der Waals surface area contributed by atoms with Crippen LogP contribution < -0.4 is 10.5 Å². The molecule has 0 amide bonds. The lowest BCUT2D eigenvalue weighted by atomic mass is 10.0. The fraction of sp³-hybridized carbons (Fsp3) is 0.417. The van der Waals surface area contributed by atoms with Gasteiger partial charge in [0, 0.05) is 0 Å². The Kier molecular flexibility index (Phi) is 3.86. The molecule has 0 aliphatic heterocycles. The Hall–Kier alpha value is -1.35. The van der Waals surface area contributed by atoms with Crippen molar-refractivity contribution < 1.29 is 9.53 Å². The van der Waals surface area contributed by atoms with Gasteiger partial charge < -0.3 is 15.3 Å². The lowest BCUT2D eigenvalue weighted by molar-refractivity contribution is -0.108. The molecule has 0 fully saturated rings. The summed E-state index contributed by atoms with van der Waals surface area (Å²) in [5.41, 5.74) is 8.80. The zero-order valence-corrected chi connectivity index (χ0v) is 9.41. The van der Waals surface area contributed by atoms with Crippen LogP contribution in [0.1, 0.15) is 16.7 Å². The van der Waals surface area contributed by atoms with E-state index >= 15 is 0 Å². The van der Waals surface area contributed by atoms with Gasteiger partial charge in [0.25, 0.3) is 0 Å². The molecule has 82 valence electrons. The Morgan fingerprint density at radius 1 is 1.40 bits per heavy atom. The number of aryl methyl sites for hydroxylation is 2. The van der Waals surface area contributed by atoms with Crippen LogP contribution in [0.5, 0.6) is 5.75 Å². The molecule has 3 nitrogen and oxygen atoms in total. The minimum absolute atomic E-state index is 0.419. The second-order valence-corrected chi connectivity index (χ2v) is 3.77. The van der Waals surface area contributed by atoms with E-state index in [-0.39, 0.29) is 0 Å². The number of hydrogen-bond donors (Lipinski definition) is 1. The summed E-state index contributed by atoms with van der Waals surface area (Å²) in [5.74, 6) is 0.901. The minimum Gasteiger partial charge on any atom is -0.496 e. The van der Waals surface area contributed by atoms with Crippen LogP contribution in [0.25, 0.3) is 0 Å². The van der Waals surface area contributed by atoms with Crippen LogP contribution in [0.3, 0.4) is 0 Å². The Balaban J connectivity index is 2.98. The van der Waals surface area contributed by atoms with Gasteiger partial charge in [0.15, 0.2) is 0 Å². The van der Waals surface area contributed by atoms with Crippen molar-refractivity contribution in [2.24, 2.45) is 5.73 Å². The Bertz CT molecular complexity index is 338. The van der Waals surface area contributed by atoms with Crippen LogP contribution >= 0.6 is 0 Å². The molecule has 1 aromatic rings. The molecule has 0 aliphatic carbocycles. The molecule has 0 aliphatic rings. The van der Waals surface area contributed by atoms with Crippen LogP contribution in [-0.4, -0.2) is 19.4 Å². The van der Waals surface area contributed by atoms with Crippen molar-refractivity contribution in [2.45, 2.75) is 26.3 Å². The molecule has 1 atom stereocenters. The zero-order valence-electron chi connectivity index (χ0n) is 9.41. The van der Waals surface area contributed by atoms with Crippen molar-refractivity contribution in [2.75, 3.05) is 7.11 Å². The number of rotatable bonds is 4. The van der Waals surface area contributed by atoms with E-state index in [0.29, 0.717) is 6.42 Å². The lowest BCUT2D eigenvalue weighted by Gasteiger charge is -2.12. The third kappa shape index (κ3) is 2.80. The Labute approximate surface area is 90.2 Å². The van der Waals surface area contributed by atoms with Crippen LogP contribution in [0.15, 0.2) is 12.1 Å². The van der Waals surface area contributed by atoms with Crippen molar-refractivity contribution >= 4 is 6.29 Å². The van der Waals surface area contributed by atoms with E-state index in [1.807, 2.05) is 26.0 Å². The fourth-order valence-electron chi connectivity index (χ4n) is 1.80. The lowest BCUT2D eigenvalue weighted by Crippen LogP contribution is -2.24. The van der Waals surface area contributed by atoms with Crippen LogP contribution in [-0.2, 0) is 11.2 Å². The molecule has 2 N–H and O–H groups in total. The summed E-state index contributed by atoms with van der Waals surface area (Å²) in [6, 6.07) is 3.60. The maximum Gasteiger partial charge on any atom is 0.137 e. The third-order valence-electron chi connectivity index (χ3n) is 2.37. The van der Waals surface area contributed by atoms with Crippen molar-refractivity contribution in [3.63, 3.8) is 0 Å². The van der Waals surface area contributed by atoms with E-state index in [1.165, 1.54) is 0 Å². The molecular formula is C12H17NO2. The zero-order chi connectivity index (χ0) is 11.4. The number of ether oxygens (including phenoxy) is 1. The largest absolute Gasteiger partial charge is 0.496 e. The van der Waals surface area contributed by atoms with Crippen molar-refractivity contribution in [1.82, 2.24) is 0 Å². The number of hydrogen-bond acceptors (Lipinski definition) is 3. The smallest absolute Gasteiger partial charge is 0.137 e. The highest BCUT2D eigenvalue weighted by Gasteiger charge is 2.07.